The number of hydrogen-bond donors (Lipinski definition) is 1. The number of methoxy groups -OCH3 is 1. The third kappa shape index (κ3) is 1.69. The Morgan fingerprint density at radius 1 is 1.62 bits per heavy atom. The summed E-state index contributed by atoms with van der Waals surface area (Å²) >= 11 is 1.65. The number of piperazine rings is 1. The normalized spacial score (nSPS) is 32.4. The number of carbonyl (C=O) groups is 2. The van der Waals surface area contributed by atoms with Gasteiger partial charge < -0.3 is 15.0 Å². The maximum absolute atomic E-state index is 11.8. The van der Waals surface area contributed by atoms with E-state index in [2.05, 4.69) is 5.32 Å². The third-order valence-corrected chi connectivity index (χ3v) is 4.49. The molecule has 2 saturated heterocycles. The molecule has 2 aliphatic heterocycles. The monoisotopic (exact) mass is 244 g/mol. The molecule has 16 heavy (non-hydrogen) atoms. The van der Waals surface area contributed by atoms with Crippen LogP contribution in [-0.4, -0.2) is 53.1 Å². The number of amides is 1. The van der Waals surface area contributed by atoms with Crippen molar-refractivity contribution >= 4 is 23.6 Å². The molecule has 2 aliphatic rings. The van der Waals surface area contributed by atoms with Crippen LogP contribution in [0.1, 0.15) is 13.8 Å². The first kappa shape index (κ1) is 11.7. The molecular formula is C10H16N2O3S. The molecule has 0 radical (unpaired) electrons. The molecule has 0 bridgehead atoms. The fraction of sp³-hybridized carbons (Fsp3) is 0.800. The summed E-state index contributed by atoms with van der Waals surface area (Å²) in [7, 11) is 1.36. The van der Waals surface area contributed by atoms with Gasteiger partial charge in [-0.3, -0.25) is 4.79 Å². The molecule has 0 aromatic rings. The Kier molecular flexibility index (Phi) is 2.88. The van der Waals surface area contributed by atoms with E-state index in [9.17, 15) is 9.59 Å². The molecule has 90 valence electrons. The molecule has 0 aromatic heterocycles. The fourth-order valence-corrected chi connectivity index (χ4v) is 3.91. The summed E-state index contributed by atoms with van der Waals surface area (Å²) in [6.45, 7) is 4.99. The van der Waals surface area contributed by atoms with Gasteiger partial charge in [0.05, 0.1) is 19.0 Å². The van der Waals surface area contributed by atoms with E-state index in [0.717, 1.165) is 6.54 Å². The second-order valence-electron chi connectivity index (χ2n) is 4.53. The molecule has 0 spiro atoms. The van der Waals surface area contributed by atoms with Gasteiger partial charge in [0.25, 0.3) is 0 Å². The first-order valence-corrected chi connectivity index (χ1v) is 6.13. The number of nitrogens with one attached hydrogen (secondary N) is 1. The maximum atomic E-state index is 11.8. The smallest absolute Gasteiger partial charge is 0.330 e. The predicted octanol–water partition coefficient (Wildman–Crippen LogP) is -0.189. The quantitative estimate of drug-likeness (QED) is 0.648. The first-order chi connectivity index (χ1) is 7.47. The lowest BCUT2D eigenvalue weighted by Crippen LogP contribution is -2.58. The second-order valence-corrected chi connectivity index (χ2v) is 6.37. The van der Waals surface area contributed by atoms with Gasteiger partial charge in [0.15, 0.2) is 0 Å². The van der Waals surface area contributed by atoms with E-state index in [1.807, 2.05) is 13.8 Å². The Bertz CT molecular complexity index is 332. The van der Waals surface area contributed by atoms with Gasteiger partial charge in [-0.1, -0.05) is 0 Å². The van der Waals surface area contributed by atoms with Gasteiger partial charge in [-0.2, -0.15) is 0 Å². The van der Waals surface area contributed by atoms with Gasteiger partial charge in [-0.05, 0) is 13.8 Å². The number of fused-ring (bicyclic) bond motifs is 1. The van der Waals surface area contributed by atoms with E-state index in [4.69, 9.17) is 4.74 Å². The highest BCUT2D eigenvalue weighted by atomic mass is 32.2. The molecule has 5 nitrogen and oxygen atoms in total. The van der Waals surface area contributed by atoms with Gasteiger partial charge >= 0.3 is 5.97 Å². The Morgan fingerprint density at radius 3 is 2.94 bits per heavy atom. The van der Waals surface area contributed by atoms with Crippen molar-refractivity contribution in [2.45, 2.75) is 30.0 Å². The molecule has 2 rings (SSSR count). The summed E-state index contributed by atoms with van der Waals surface area (Å²) in [6, 6.07) is -0.470. The van der Waals surface area contributed by atoms with Gasteiger partial charge in [0.1, 0.15) is 6.04 Å². The Hall–Kier alpha value is -0.750. The van der Waals surface area contributed by atoms with Crippen LogP contribution in [0.3, 0.4) is 0 Å². The third-order valence-electron chi connectivity index (χ3n) is 2.99. The number of esters is 1. The van der Waals surface area contributed by atoms with Crippen LogP contribution in [0.5, 0.6) is 0 Å². The van der Waals surface area contributed by atoms with Crippen molar-refractivity contribution in [1.29, 1.82) is 0 Å². The minimum Gasteiger partial charge on any atom is -0.467 e. The molecule has 2 heterocycles. The summed E-state index contributed by atoms with van der Waals surface area (Å²) in [5.41, 5.74) is 0. The highest BCUT2D eigenvalue weighted by Gasteiger charge is 2.54. The number of rotatable bonds is 1. The predicted molar refractivity (Wildman–Crippen MR) is 61.0 cm³/mol. The van der Waals surface area contributed by atoms with Gasteiger partial charge in [-0.25, -0.2) is 4.79 Å². The fourth-order valence-electron chi connectivity index (χ4n) is 2.32. The van der Waals surface area contributed by atoms with Crippen molar-refractivity contribution in [3.8, 4) is 0 Å². The standard InChI is InChI=1S/C10H16N2O3S/c1-10(2)8(9(14)15-3)12-6(13)4-11-5-7(12)16-10/h7-8,11H,4-5H2,1-3H3/t7-,8+/m1/s1. The zero-order valence-corrected chi connectivity index (χ0v) is 10.5. The zero-order valence-electron chi connectivity index (χ0n) is 9.65. The van der Waals surface area contributed by atoms with Crippen LogP contribution >= 0.6 is 11.8 Å². The van der Waals surface area contributed by atoms with Crippen LogP contribution < -0.4 is 5.32 Å². The second kappa shape index (κ2) is 3.92. The topological polar surface area (TPSA) is 58.6 Å². The number of ether oxygens (including phenoxy) is 1. The molecule has 0 aliphatic carbocycles. The molecule has 6 heteroatoms. The molecule has 1 N–H and O–H groups in total. The van der Waals surface area contributed by atoms with Crippen LogP contribution in [0.4, 0.5) is 0 Å². The average Bonchev–Trinajstić information content (AvgIpc) is 2.49. The SMILES string of the molecule is COC(=O)[C@@H]1N2C(=O)CNC[C@H]2SC1(C)C. The Balaban J connectivity index is 2.31. The van der Waals surface area contributed by atoms with Crippen molar-refractivity contribution in [2.75, 3.05) is 20.2 Å². The van der Waals surface area contributed by atoms with Crippen molar-refractivity contribution in [3.63, 3.8) is 0 Å². The number of thioether (sulfide) groups is 1. The van der Waals surface area contributed by atoms with E-state index in [-0.39, 0.29) is 22.0 Å². The summed E-state index contributed by atoms with van der Waals surface area (Å²) in [5.74, 6) is -0.347. The van der Waals surface area contributed by atoms with Gasteiger partial charge in [0.2, 0.25) is 5.91 Å². The maximum Gasteiger partial charge on any atom is 0.330 e. The summed E-state index contributed by atoms with van der Waals surface area (Å²) in [5, 5.41) is 3.10. The van der Waals surface area contributed by atoms with Crippen LogP contribution in [-0.2, 0) is 14.3 Å². The van der Waals surface area contributed by atoms with Gasteiger partial charge in [-0.15, -0.1) is 11.8 Å². The van der Waals surface area contributed by atoms with Crippen LogP contribution in [0, 0.1) is 0 Å². The first-order valence-electron chi connectivity index (χ1n) is 5.25. The highest BCUT2D eigenvalue weighted by Crippen LogP contribution is 2.45. The number of nitrogens with zero attached hydrogens (tertiary/aromatic N) is 1. The van der Waals surface area contributed by atoms with Crippen LogP contribution in [0.2, 0.25) is 0 Å². The summed E-state index contributed by atoms with van der Waals surface area (Å²) in [6.07, 6.45) is 0. The molecular weight excluding hydrogens is 228 g/mol. The van der Waals surface area contributed by atoms with E-state index in [0.29, 0.717) is 6.54 Å². The molecule has 2 fully saturated rings. The largest absolute Gasteiger partial charge is 0.467 e. The Morgan fingerprint density at radius 2 is 2.31 bits per heavy atom. The van der Waals surface area contributed by atoms with E-state index in [1.165, 1.54) is 7.11 Å². The lowest BCUT2D eigenvalue weighted by Gasteiger charge is -2.33. The molecule has 0 unspecified atom stereocenters. The van der Waals surface area contributed by atoms with Crippen LogP contribution in [0.15, 0.2) is 0 Å². The van der Waals surface area contributed by atoms with Crippen molar-refractivity contribution < 1.29 is 14.3 Å². The number of hydrogen-bond acceptors (Lipinski definition) is 5. The lowest BCUT2D eigenvalue weighted by molar-refractivity contribution is -0.154. The minimum absolute atomic E-state index is 0.0234. The van der Waals surface area contributed by atoms with E-state index >= 15 is 0 Å². The number of carbonyl (C=O) groups excluding carboxylic acids is 2. The van der Waals surface area contributed by atoms with E-state index in [1.54, 1.807) is 16.7 Å². The molecule has 1 amide bonds. The van der Waals surface area contributed by atoms with E-state index < -0.39 is 6.04 Å². The molecule has 0 aromatic carbocycles. The van der Waals surface area contributed by atoms with Crippen LogP contribution in [0.25, 0.3) is 0 Å². The van der Waals surface area contributed by atoms with Crippen molar-refractivity contribution in [2.24, 2.45) is 0 Å². The zero-order chi connectivity index (χ0) is 11.9. The highest BCUT2D eigenvalue weighted by molar-refractivity contribution is 8.01. The summed E-state index contributed by atoms with van der Waals surface area (Å²) in [4.78, 5) is 25.3. The lowest BCUT2D eigenvalue weighted by atomic mass is 10.0. The van der Waals surface area contributed by atoms with Gasteiger partial charge in [0, 0.05) is 11.3 Å². The minimum atomic E-state index is -0.470. The average molecular weight is 244 g/mol. The summed E-state index contributed by atoms with van der Waals surface area (Å²) < 4.78 is 4.51. The Labute approximate surface area is 98.9 Å². The van der Waals surface area contributed by atoms with Crippen molar-refractivity contribution in [1.82, 2.24) is 10.2 Å². The van der Waals surface area contributed by atoms with Crippen molar-refractivity contribution in [3.05, 3.63) is 0 Å². The molecule has 0 saturated carbocycles. The molecule has 2 atom stereocenters.